The fourth-order valence-electron chi connectivity index (χ4n) is 2.56. The Balaban J connectivity index is 2.14. The van der Waals surface area contributed by atoms with Crippen LogP contribution in [-0.4, -0.2) is 19.1 Å². The van der Waals surface area contributed by atoms with E-state index in [1.165, 1.54) is 24.9 Å². The number of hydrogen-bond donors (Lipinski definition) is 1. The van der Waals surface area contributed by atoms with Crippen molar-refractivity contribution >= 4 is 5.69 Å². The number of nitrogens with two attached hydrogens (primary N) is 1. The zero-order valence-electron chi connectivity index (χ0n) is 10.1. The standard InChI is InChI=1S/C14H19N3/c15-9-8-13-3-1-2-10-17(13)14-6-4-12(11-16)5-7-14/h4-7,13H,1-3,8-10,15H2. The second kappa shape index (κ2) is 5.70. The molecule has 0 saturated carbocycles. The molecule has 1 fully saturated rings. The lowest BCUT2D eigenvalue weighted by Gasteiger charge is -2.37. The van der Waals surface area contributed by atoms with Crippen molar-refractivity contribution in [2.75, 3.05) is 18.0 Å². The van der Waals surface area contributed by atoms with Crippen molar-refractivity contribution in [3.8, 4) is 6.07 Å². The quantitative estimate of drug-likeness (QED) is 0.865. The van der Waals surface area contributed by atoms with Gasteiger partial charge in [0.1, 0.15) is 0 Å². The third-order valence-electron chi connectivity index (χ3n) is 3.46. The lowest BCUT2D eigenvalue weighted by molar-refractivity contribution is 0.442. The van der Waals surface area contributed by atoms with Crippen molar-refractivity contribution in [1.82, 2.24) is 0 Å². The SMILES string of the molecule is N#Cc1ccc(N2CCCCC2CCN)cc1. The van der Waals surface area contributed by atoms with Crippen LogP contribution in [-0.2, 0) is 0 Å². The Labute approximate surface area is 103 Å². The Morgan fingerprint density at radius 2 is 2.06 bits per heavy atom. The fourth-order valence-corrected chi connectivity index (χ4v) is 2.56. The predicted octanol–water partition coefficient (Wildman–Crippen LogP) is 2.27. The van der Waals surface area contributed by atoms with Crippen molar-refractivity contribution in [2.24, 2.45) is 5.73 Å². The van der Waals surface area contributed by atoms with E-state index in [9.17, 15) is 0 Å². The minimum absolute atomic E-state index is 0.571. The molecule has 0 spiro atoms. The molecule has 2 rings (SSSR count). The summed E-state index contributed by atoms with van der Waals surface area (Å²) in [4.78, 5) is 2.44. The number of nitrogens with zero attached hydrogens (tertiary/aromatic N) is 2. The summed E-state index contributed by atoms with van der Waals surface area (Å²) in [6.07, 6.45) is 4.84. The highest BCUT2D eigenvalue weighted by Gasteiger charge is 2.21. The molecule has 1 atom stereocenters. The first-order valence-corrected chi connectivity index (χ1v) is 6.32. The van der Waals surface area contributed by atoms with Crippen LogP contribution in [0.2, 0.25) is 0 Å². The van der Waals surface area contributed by atoms with Crippen molar-refractivity contribution in [2.45, 2.75) is 31.7 Å². The molecule has 0 bridgehead atoms. The maximum atomic E-state index is 8.79. The minimum Gasteiger partial charge on any atom is -0.369 e. The van der Waals surface area contributed by atoms with E-state index >= 15 is 0 Å². The molecule has 90 valence electrons. The van der Waals surface area contributed by atoms with Gasteiger partial charge in [0.25, 0.3) is 0 Å². The van der Waals surface area contributed by atoms with Gasteiger partial charge < -0.3 is 10.6 Å². The molecule has 1 saturated heterocycles. The molecular formula is C14H19N3. The normalized spacial score (nSPS) is 20.0. The highest BCUT2D eigenvalue weighted by molar-refractivity contribution is 5.50. The molecule has 0 amide bonds. The first kappa shape index (κ1) is 11.9. The molecule has 1 heterocycles. The Morgan fingerprint density at radius 1 is 1.29 bits per heavy atom. The maximum absolute atomic E-state index is 8.79. The first-order valence-electron chi connectivity index (χ1n) is 6.32. The van der Waals surface area contributed by atoms with E-state index in [2.05, 4.69) is 11.0 Å². The number of piperidine rings is 1. The van der Waals surface area contributed by atoms with Gasteiger partial charge in [-0.3, -0.25) is 0 Å². The molecule has 17 heavy (non-hydrogen) atoms. The second-order valence-corrected chi connectivity index (χ2v) is 4.58. The smallest absolute Gasteiger partial charge is 0.0991 e. The minimum atomic E-state index is 0.571. The monoisotopic (exact) mass is 229 g/mol. The summed E-state index contributed by atoms with van der Waals surface area (Å²) >= 11 is 0. The maximum Gasteiger partial charge on any atom is 0.0991 e. The zero-order chi connectivity index (χ0) is 12.1. The van der Waals surface area contributed by atoms with Crippen LogP contribution in [0.25, 0.3) is 0 Å². The second-order valence-electron chi connectivity index (χ2n) is 4.58. The molecule has 1 aliphatic rings. The van der Waals surface area contributed by atoms with E-state index in [0.717, 1.165) is 25.1 Å². The number of benzene rings is 1. The molecule has 3 heteroatoms. The number of nitriles is 1. The molecule has 0 aromatic heterocycles. The number of hydrogen-bond acceptors (Lipinski definition) is 3. The van der Waals surface area contributed by atoms with Gasteiger partial charge in [0.05, 0.1) is 11.6 Å². The molecular weight excluding hydrogens is 210 g/mol. The van der Waals surface area contributed by atoms with Crippen LogP contribution in [0, 0.1) is 11.3 Å². The van der Waals surface area contributed by atoms with Gasteiger partial charge in [0.15, 0.2) is 0 Å². The summed E-state index contributed by atoms with van der Waals surface area (Å²) < 4.78 is 0. The van der Waals surface area contributed by atoms with Crippen molar-refractivity contribution in [3.05, 3.63) is 29.8 Å². The highest BCUT2D eigenvalue weighted by Crippen LogP contribution is 2.26. The van der Waals surface area contributed by atoms with Gasteiger partial charge in [-0.15, -0.1) is 0 Å². The van der Waals surface area contributed by atoms with Crippen molar-refractivity contribution < 1.29 is 0 Å². The summed E-state index contributed by atoms with van der Waals surface area (Å²) in [5, 5.41) is 8.79. The van der Waals surface area contributed by atoms with Gasteiger partial charge in [-0.25, -0.2) is 0 Å². The molecule has 1 aromatic rings. The molecule has 1 aromatic carbocycles. The van der Waals surface area contributed by atoms with E-state index in [0.29, 0.717) is 6.04 Å². The van der Waals surface area contributed by atoms with Crippen LogP contribution >= 0.6 is 0 Å². The van der Waals surface area contributed by atoms with Gasteiger partial charge in [0.2, 0.25) is 0 Å². The van der Waals surface area contributed by atoms with Crippen LogP contribution in [0.3, 0.4) is 0 Å². The van der Waals surface area contributed by atoms with E-state index in [-0.39, 0.29) is 0 Å². The Hall–Kier alpha value is -1.53. The summed E-state index contributed by atoms with van der Waals surface area (Å²) in [5.74, 6) is 0. The van der Waals surface area contributed by atoms with E-state index in [4.69, 9.17) is 11.0 Å². The molecule has 0 radical (unpaired) electrons. The Kier molecular flexibility index (Phi) is 4.00. The molecule has 1 unspecified atom stereocenters. The number of rotatable bonds is 3. The van der Waals surface area contributed by atoms with E-state index in [1.807, 2.05) is 24.3 Å². The summed E-state index contributed by atoms with van der Waals surface area (Å²) in [6.45, 7) is 1.86. The molecule has 3 nitrogen and oxygen atoms in total. The lowest BCUT2D eigenvalue weighted by atomic mass is 9.98. The lowest BCUT2D eigenvalue weighted by Crippen LogP contribution is -2.40. The van der Waals surface area contributed by atoms with Gasteiger partial charge in [-0.1, -0.05) is 0 Å². The van der Waals surface area contributed by atoms with Crippen LogP contribution in [0.4, 0.5) is 5.69 Å². The molecule has 0 aliphatic carbocycles. The van der Waals surface area contributed by atoms with Gasteiger partial charge in [-0.2, -0.15) is 5.26 Å². The van der Waals surface area contributed by atoms with Crippen LogP contribution < -0.4 is 10.6 Å². The molecule has 1 aliphatic heterocycles. The third kappa shape index (κ3) is 2.78. The summed E-state index contributed by atoms with van der Waals surface area (Å²) in [6, 6.07) is 10.6. The Morgan fingerprint density at radius 3 is 2.71 bits per heavy atom. The first-order chi connectivity index (χ1) is 8.35. The topological polar surface area (TPSA) is 53.0 Å². The van der Waals surface area contributed by atoms with Crippen molar-refractivity contribution in [1.29, 1.82) is 5.26 Å². The van der Waals surface area contributed by atoms with Gasteiger partial charge in [0, 0.05) is 18.3 Å². The van der Waals surface area contributed by atoms with E-state index < -0.39 is 0 Å². The van der Waals surface area contributed by atoms with Crippen LogP contribution in [0.5, 0.6) is 0 Å². The summed E-state index contributed by atoms with van der Waals surface area (Å²) in [7, 11) is 0. The predicted molar refractivity (Wildman–Crippen MR) is 69.8 cm³/mol. The summed E-state index contributed by atoms with van der Waals surface area (Å²) in [5.41, 5.74) is 7.62. The largest absolute Gasteiger partial charge is 0.369 e. The highest BCUT2D eigenvalue weighted by atomic mass is 15.2. The molecule has 2 N–H and O–H groups in total. The van der Waals surface area contributed by atoms with Gasteiger partial charge >= 0.3 is 0 Å². The fraction of sp³-hybridized carbons (Fsp3) is 0.500. The average Bonchev–Trinajstić information content (AvgIpc) is 2.40. The average molecular weight is 229 g/mol. The Bertz CT molecular complexity index is 389. The van der Waals surface area contributed by atoms with Crippen molar-refractivity contribution in [3.63, 3.8) is 0 Å². The zero-order valence-corrected chi connectivity index (χ0v) is 10.1. The number of anilines is 1. The van der Waals surface area contributed by atoms with Crippen LogP contribution in [0.1, 0.15) is 31.2 Å². The van der Waals surface area contributed by atoms with Crippen LogP contribution in [0.15, 0.2) is 24.3 Å². The van der Waals surface area contributed by atoms with Gasteiger partial charge in [-0.05, 0) is 56.5 Å². The van der Waals surface area contributed by atoms with E-state index in [1.54, 1.807) is 0 Å². The third-order valence-corrected chi connectivity index (χ3v) is 3.46.